The minimum atomic E-state index is 0.0720. The molecular weight excluding hydrogens is 304 g/mol. The second-order valence-electron chi connectivity index (χ2n) is 7.22. The molecule has 1 saturated heterocycles. The second-order valence-corrected chi connectivity index (χ2v) is 7.22. The van der Waals surface area contributed by atoms with Crippen LogP contribution in [0.5, 0.6) is 0 Å². The smallest absolute Gasteiger partial charge is 0.254 e. The van der Waals surface area contributed by atoms with Gasteiger partial charge in [-0.05, 0) is 39.7 Å². The molecule has 0 bridgehead atoms. The zero-order chi connectivity index (χ0) is 16.8. The van der Waals surface area contributed by atoms with Crippen molar-refractivity contribution in [3.63, 3.8) is 0 Å². The van der Waals surface area contributed by atoms with Gasteiger partial charge >= 0.3 is 0 Å². The first-order valence-electron chi connectivity index (χ1n) is 8.83. The number of morpholine rings is 1. The van der Waals surface area contributed by atoms with E-state index in [1.54, 1.807) is 6.20 Å². The van der Waals surface area contributed by atoms with Crippen molar-refractivity contribution in [2.24, 2.45) is 0 Å². The van der Waals surface area contributed by atoms with Crippen molar-refractivity contribution in [3.05, 3.63) is 23.5 Å². The van der Waals surface area contributed by atoms with Crippen LogP contribution < -0.4 is 0 Å². The second kappa shape index (κ2) is 5.84. The Labute approximate surface area is 141 Å². The van der Waals surface area contributed by atoms with Crippen molar-refractivity contribution in [3.8, 4) is 0 Å². The molecule has 1 amide bonds. The molecule has 0 N–H and O–H groups in total. The highest BCUT2D eigenvalue weighted by molar-refractivity contribution is 6.05. The van der Waals surface area contributed by atoms with Crippen molar-refractivity contribution in [1.82, 2.24) is 19.7 Å². The molecule has 1 saturated carbocycles. The maximum Gasteiger partial charge on any atom is 0.254 e. The molecule has 2 aliphatic rings. The molecule has 0 spiro atoms. The van der Waals surface area contributed by atoms with E-state index in [4.69, 9.17) is 9.72 Å². The molecule has 1 aliphatic carbocycles. The predicted octanol–water partition coefficient (Wildman–Crippen LogP) is 2.75. The molecule has 0 radical (unpaired) electrons. The largest absolute Gasteiger partial charge is 0.375 e. The minimum absolute atomic E-state index is 0.0720. The number of carbonyl (C=O) groups is 1. The van der Waals surface area contributed by atoms with E-state index in [-0.39, 0.29) is 18.1 Å². The highest BCUT2D eigenvalue weighted by Crippen LogP contribution is 2.40. The lowest BCUT2D eigenvalue weighted by atomic mass is 10.1. The van der Waals surface area contributed by atoms with Crippen LogP contribution in [0.2, 0.25) is 0 Å². The summed E-state index contributed by atoms with van der Waals surface area (Å²) in [5.41, 5.74) is 2.61. The van der Waals surface area contributed by atoms with Gasteiger partial charge in [0, 0.05) is 30.7 Å². The van der Waals surface area contributed by atoms with E-state index in [0.717, 1.165) is 35.1 Å². The summed E-state index contributed by atoms with van der Waals surface area (Å²) >= 11 is 0. The van der Waals surface area contributed by atoms with Gasteiger partial charge in [0.1, 0.15) is 0 Å². The van der Waals surface area contributed by atoms with E-state index in [1.165, 1.54) is 0 Å². The van der Waals surface area contributed by atoms with Crippen LogP contribution in [0.15, 0.2) is 12.3 Å². The quantitative estimate of drug-likeness (QED) is 0.869. The van der Waals surface area contributed by atoms with Crippen LogP contribution in [0, 0.1) is 0 Å². The third-order valence-corrected chi connectivity index (χ3v) is 4.83. The van der Waals surface area contributed by atoms with E-state index in [1.807, 2.05) is 22.6 Å². The summed E-state index contributed by atoms with van der Waals surface area (Å²) in [6.07, 6.45) is 4.20. The fraction of sp³-hybridized carbons (Fsp3) is 0.611. The lowest BCUT2D eigenvalue weighted by Crippen LogP contribution is -2.44. The molecule has 128 valence electrons. The molecule has 3 heterocycles. The molecule has 24 heavy (non-hydrogen) atoms. The SMILES string of the molecule is CC(C)n1ncc2c(C(=O)N3CCO[C@H](C)C3)cc(C3CC3)nc21. The number of hydrogen-bond acceptors (Lipinski definition) is 4. The van der Waals surface area contributed by atoms with Gasteiger partial charge in [-0.1, -0.05) is 0 Å². The molecule has 6 heteroatoms. The van der Waals surface area contributed by atoms with E-state index in [2.05, 4.69) is 18.9 Å². The number of carbonyl (C=O) groups excluding carboxylic acids is 1. The van der Waals surface area contributed by atoms with Crippen molar-refractivity contribution < 1.29 is 9.53 Å². The van der Waals surface area contributed by atoms with Crippen LogP contribution in [0.3, 0.4) is 0 Å². The zero-order valence-corrected chi connectivity index (χ0v) is 14.5. The Balaban J connectivity index is 1.79. The molecule has 0 aromatic carbocycles. The maximum absolute atomic E-state index is 13.1. The van der Waals surface area contributed by atoms with E-state index >= 15 is 0 Å². The number of pyridine rings is 1. The number of fused-ring (bicyclic) bond motifs is 1. The maximum atomic E-state index is 13.1. The molecule has 2 aromatic rings. The Morgan fingerprint density at radius 3 is 2.83 bits per heavy atom. The Hall–Kier alpha value is -1.95. The van der Waals surface area contributed by atoms with Crippen molar-refractivity contribution in [1.29, 1.82) is 0 Å². The normalized spacial score (nSPS) is 21.7. The van der Waals surface area contributed by atoms with Gasteiger partial charge in [0.15, 0.2) is 5.65 Å². The highest BCUT2D eigenvalue weighted by Gasteiger charge is 2.30. The summed E-state index contributed by atoms with van der Waals surface area (Å²) in [5, 5.41) is 5.34. The lowest BCUT2D eigenvalue weighted by Gasteiger charge is -2.31. The van der Waals surface area contributed by atoms with Gasteiger partial charge in [-0.15, -0.1) is 0 Å². The minimum Gasteiger partial charge on any atom is -0.375 e. The third kappa shape index (κ3) is 2.69. The summed E-state index contributed by atoms with van der Waals surface area (Å²) < 4.78 is 7.48. The highest BCUT2D eigenvalue weighted by atomic mass is 16.5. The number of amides is 1. The van der Waals surface area contributed by atoms with Crippen LogP contribution >= 0.6 is 0 Å². The fourth-order valence-corrected chi connectivity index (χ4v) is 3.35. The van der Waals surface area contributed by atoms with Gasteiger partial charge in [-0.25, -0.2) is 9.67 Å². The number of ether oxygens (including phenoxy) is 1. The van der Waals surface area contributed by atoms with Gasteiger partial charge in [0.05, 0.1) is 29.9 Å². The van der Waals surface area contributed by atoms with Gasteiger partial charge in [-0.3, -0.25) is 4.79 Å². The summed E-state index contributed by atoms with van der Waals surface area (Å²) in [6, 6.07) is 2.21. The fourth-order valence-electron chi connectivity index (χ4n) is 3.35. The van der Waals surface area contributed by atoms with Crippen LogP contribution in [0.25, 0.3) is 11.0 Å². The number of nitrogens with zero attached hydrogens (tertiary/aromatic N) is 4. The predicted molar refractivity (Wildman–Crippen MR) is 91.2 cm³/mol. The molecule has 0 unspecified atom stereocenters. The van der Waals surface area contributed by atoms with E-state index < -0.39 is 0 Å². The van der Waals surface area contributed by atoms with Crippen molar-refractivity contribution in [2.45, 2.75) is 51.7 Å². The standard InChI is InChI=1S/C18H24N4O2/c1-11(2)22-17-15(9-19-22)14(8-16(20-17)13-4-5-13)18(23)21-6-7-24-12(3)10-21/h8-9,11-13H,4-7,10H2,1-3H3/t12-/m1/s1. The average Bonchev–Trinajstić information content (AvgIpc) is 3.32. The molecule has 1 aliphatic heterocycles. The summed E-state index contributed by atoms with van der Waals surface area (Å²) in [5.74, 6) is 0.572. The summed E-state index contributed by atoms with van der Waals surface area (Å²) in [6.45, 7) is 8.06. The first kappa shape index (κ1) is 15.6. The Kier molecular flexibility index (Phi) is 3.79. The zero-order valence-electron chi connectivity index (χ0n) is 14.5. The Morgan fingerprint density at radius 1 is 1.38 bits per heavy atom. The van der Waals surface area contributed by atoms with Crippen LogP contribution in [-0.2, 0) is 4.74 Å². The van der Waals surface area contributed by atoms with E-state index in [9.17, 15) is 4.79 Å². The third-order valence-electron chi connectivity index (χ3n) is 4.83. The lowest BCUT2D eigenvalue weighted by molar-refractivity contribution is -0.0123. The van der Waals surface area contributed by atoms with Crippen molar-refractivity contribution in [2.75, 3.05) is 19.7 Å². The number of aromatic nitrogens is 3. The monoisotopic (exact) mass is 328 g/mol. The summed E-state index contributed by atoms with van der Waals surface area (Å²) in [7, 11) is 0. The molecule has 1 atom stereocenters. The molecule has 4 rings (SSSR count). The Bertz CT molecular complexity index is 779. The van der Waals surface area contributed by atoms with Crippen LogP contribution in [-0.4, -0.2) is 51.4 Å². The molecule has 2 fully saturated rings. The van der Waals surface area contributed by atoms with Gasteiger partial charge in [0.2, 0.25) is 0 Å². The van der Waals surface area contributed by atoms with E-state index in [0.29, 0.717) is 25.6 Å². The first-order chi connectivity index (χ1) is 11.5. The Morgan fingerprint density at radius 2 is 2.17 bits per heavy atom. The number of rotatable bonds is 3. The molecule has 6 nitrogen and oxygen atoms in total. The van der Waals surface area contributed by atoms with Crippen LogP contribution in [0.1, 0.15) is 61.6 Å². The topological polar surface area (TPSA) is 60.2 Å². The van der Waals surface area contributed by atoms with Gasteiger partial charge < -0.3 is 9.64 Å². The molecule has 2 aromatic heterocycles. The average molecular weight is 328 g/mol. The van der Waals surface area contributed by atoms with Crippen molar-refractivity contribution >= 4 is 16.9 Å². The van der Waals surface area contributed by atoms with Gasteiger partial charge in [-0.2, -0.15) is 5.10 Å². The first-order valence-corrected chi connectivity index (χ1v) is 8.83. The van der Waals surface area contributed by atoms with Crippen LogP contribution in [0.4, 0.5) is 0 Å². The summed E-state index contributed by atoms with van der Waals surface area (Å²) in [4.78, 5) is 19.9. The van der Waals surface area contributed by atoms with Gasteiger partial charge in [0.25, 0.3) is 5.91 Å². The molecular formula is C18H24N4O2. The number of hydrogen-bond donors (Lipinski definition) is 0.